The van der Waals surface area contributed by atoms with E-state index < -0.39 is 20.0 Å². The minimum atomic E-state index is -3.58. The summed E-state index contributed by atoms with van der Waals surface area (Å²) < 4.78 is 53.8. The minimum absolute atomic E-state index is 0.161. The van der Waals surface area contributed by atoms with E-state index in [2.05, 4.69) is 13.8 Å². The molecule has 1 aromatic rings. The van der Waals surface area contributed by atoms with E-state index >= 15 is 0 Å². The minimum Gasteiger partial charge on any atom is -0.207 e. The Kier molecular flexibility index (Phi) is 5.26. The normalized spacial score (nSPS) is 26.8. The predicted octanol–water partition coefficient (Wildman–Crippen LogP) is 2.14. The number of piperidine rings is 1. The second-order valence-corrected chi connectivity index (χ2v) is 11.2. The number of sulfonamides is 2. The highest BCUT2D eigenvalue weighted by Crippen LogP contribution is 2.28. The monoisotopic (exact) mass is 386 g/mol. The Balaban J connectivity index is 1.84. The van der Waals surface area contributed by atoms with Crippen LogP contribution in [0.15, 0.2) is 34.1 Å². The Morgan fingerprint density at radius 2 is 1.16 bits per heavy atom. The van der Waals surface area contributed by atoms with Crippen LogP contribution >= 0.6 is 0 Å². The highest BCUT2D eigenvalue weighted by molar-refractivity contribution is 7.89. The first-order chi connectivity index (χ1) is 11.7. The van der Waals surface area contributed by atoms with Crippen molar-refractivity contribution in [1.29, 1.82) is 0 Å². The predicted molar refractivity (Wildman–Crippen MR) is 96.1 cm³/mol. The van der Waals surface area contributed by atoms with Crippen molar-refractivity contribution in [3.8, 4) is 0 Å². The molecule has 6 nitrogen and oxygen atoms in total. The van der Waals surface area contributed by atoms with E-state index in [1.54, 1.807) is 0 Å². The first-order valence-corrected chi connectivity index (χ1v) is 11.7. The van der Waals surface area contributed by atoms with Crippen LogP contribution in [-0.4, -0.2) is 51.6 Å². The van der Waals surface area contributed by atoms with Crippen LogP contribution in [0.2, 0.25) is 0 Å². The Bertz CT molecular complexity index is 803. The van der Waals surface area contributed by atoms with Gasteiger partial charge in [-0.3, -0.25) is 0 Å². The lowest BCUT2D eigenvalue weighted by Crippen LogP contribution is -2.42. The van der Waals surface area contributed by atoms with Gasteiger partial charge in [0.2, 0.25) is 20.0 Å². The van der Waals surface area contributed by atoms with E-state index in [1.165, 1.54) is 32.9 Å². The van der Waals surface area contributed by atoms with E-state index in [0.717, 1.165) is 19.3 Å². The molecular formula is C17H26N2O4S2. The van der Waals surface area contributed by atoms with Gasteiger partial charge in [0, 0.05) is 26.2 Å². The lowest BCUT2D eigenvalue weighted by Gasteiger charge is -2.34. The summed E-state index contributed by atoms with van der Waals surface area (Å²) in [5.41, 5.74) is 0. The van der Waals surface area contributed by atoms with Gasteiger partial charge in [0.25, 0.3) is 0 Å². The number of nitrogens with zero attached hydrogens (tertiary/aromatic N) is 2. The lowest BCUT2D eigenvalue weighted by atomic mass is 9.94. The standard InChI is InChI=1S/C17H26N2O4S2/c1-14-11-15(2)13-19(12-14)25(22,23)17-7-5-16(6-8-17)24(20,21)18-9-3-4-10-18/h5-8,14-15H,3-4,9-13H2,1-2H3/t14-,15-/m1/s1. The van der Waals surface area contributed by atoms with Crippen LogP contribution in [0.4, 0.5) is 0 Å². The number of benzene rings is 1. The molecular weight excluding hydrogens is 360 g/mol. The van der Waals surface area contributed by atoms with Crippen molar-refractivity contribution in [1.82, 2.24) is 8.61 Å². The molecule has 1 aromatic carbocycles. The van der Waals surface area contributed by atoms with E-state index in [-0.39, 0.29) is 9.79 Å². The van der Waals surface area contributed by atoms with Gasteiger partial charge in [-0.25, -0.2) is 16.8 Å². The van der Waals surface area contributed by atoms with Gasteiger partial charge in [-0.05, 0) is 55.4 Å². The molecule has 2 fully saturated rings. The Morgan fingerprint density at radius 3 is 1.60 bits per heavy atom. The summed E-state index contributed by atoms with van der Waals surface area (Å²) in [7, 11) is -7.10. The third-order valence-electron chi connectivity index (χ3n) is 5.00. The van der Waals surface area contributed by atoms with Gasteiger partial charge in [-0.1, -0.05) is 13.8 Å². The molecule has 8 heteroatoms. The van der Waals surface area contributed by atoms with Gasteiger partial charge >= 0.3 is 0 Å². The van der Waals surface area contributed by atoms with Gasteiger partial charge < -0.3 is 0 Å². The molecule has 0 bridgehead atoms. The largest absolute Gasteiger partial charge is 0.243 e. The molecule has 2 atom stereocenters. The molecule has 0 amide bonds. The molecule has 0 aromatic heterocycles. The SMILES string of the molecule is C[C@@H]1C[C@@H](C)CN(S(=O)(=O)c2ccc(S(=O)(=O)N3CCCC3)cc2)C1. The molecule has 25 heavy (non-hydrogen) atoms. The smallest absolute Gasteiger partial charge is 0.207 e. The summed E-state index contributed by atoms with van der Waals surface area (Å²) in [6.45, 7) is 6.21. The molecule has 2 aliphatic heterocycles. The molecule has 0 N–H and O–H groups in total. The van der Waals surface area contributed by atoms with Crippen LogP contribution in [0.5, 0.6) is 0 Å². The second-order valence-electron chi connectivity index (χ2n) is 7.35. The third-order valence-corrected chi connectivity index (χ3v) is 8.76. The molecule has 140 valence electrons. The second kappa shape index (κ2) is 6.98. The summed E-state index contributed by atoms with van der Waals surface area (Å²) in [5.74, 6) is 0.654. The third kappa shape index (κ3) is 3.77. The zero-order valence-electron chi connectivity index (χ0n) is 14.8. The fraction of sp³-hybridized carbons (Fsp3) is 0.647. The fourth-order valence-electron chi connectivity index (χ4n) is 3.81. The van der Waals surface area contributed by atoms with Crippen LogP contribution < -0.4 is 0 Å². The van der Waals surface area contributed by atoms with Crippen molar-refractivity contribution in [3.63, 3.8) is 0 Å². The van der Waals surface area contributed by atoms with Crippen molar-refractivity contribution < 1.29 is 16.8 Å². The average molecular weight is 387 g/mol. The summed E-state index contributed by atoms with van der Waals surface area (Å²) in [5, 5.41) is 0. The molecule has 0 unspecified atom stereocenters. The Morgan fingerprint density at radius 1 is 0.760 bits per heavy atom. The zero-order chi connectivity index (χ0) is 18.2. The van der Waals surface area contributed by atoms with E-state index in [0.29, 0.717) is 38.0 Å². The first-order valence-electron chi connectivity index (χ1n) is 8.81. The van der Waals surface area contributed by atoms with Crippen LogP contribution in [0.1, 0.15) is 33.1 Å². The van der Waals surface area contributed by atoms with Crippen molar-refractivity contribution in [3.05, 3.63) is 24.3 Å². The fourth-order valence-corrected chi connectivity index (χ4v) is 7.01. The summed E-state index contributed by atoms with van der Waals surface area (Å²) in [4.78, 5) is 0.322. The van der Waals surface area contributed by atoms with Crippen LogP contribution in [0, 0.1) is 11.8 Å². The van der Waals surface area contributed by atoms with Gasteiger partial charge in [0.15, 0.2) is 0 Å². The van der Waals surface area contributed by atoms with Crippen LogP contribution in [0.3, 0.4) is 0 Å². The summed E-state index contributed by atoms with van der Waals surface area (Å²) in [6.07, 6.45) is 2.77. The number of hydrogen-bond acceptors (Lipinski definition) is 4. The molecule has 3 rings (SSSR count). The van der Waals surface area contributed by atoms with E-state index in [1.807, 2.05) is 0 Å². The van der Waals surface area contributed by atoms with Gasteiger partial charge in [-0.15, -0.1) is 0 Å². The Labute approximate surface area is 150 Å². The molecule has 0 aliphatic carbocycles. The van der Waals surface area contributed by atoms with Crippen molar-refractivity contribution in [2.24, 2.45) is 11.8 Å². The zero-order valence-corrected chi connectivity index (χ0v) is 16.4. The number of hydrogen-bond donors (Lipinski definition) is 0. The molecule has 2 heterocycles. The topological polar surface area (TPSA) is 74.8 Å². The molecule has 0 radical (unpaired) electrons. The molecule has 0 saturated carbocycles. The van der Waals surface area contributed by atoms with E-state index in [4.69, 9.17) is 0 Å². The van der Waals surface area contributed by atoms with Crippen LogP contribution in [-0.2, 0) is 20.0 Å². The van der Waals surface area contributed by atoms with Gasteiger partial charge in [0.1, 0.15) is 0 Å². The quantitative estimate of drug-likeness (QED) is 0.794. The summed E-state index contributed by atoms with van der Waals surface area (Å²) in [6, 6.07) is 5.67. The molecule has 2 aliphatic rings. The van der Waals surface area contributed by atoms with Crippen molar-refractivity contribution in [2.45, 2.75) is 42.9 Å². The van der Waals surface area contributed by atoms with Crippen molar-refractivity contribution >= 4 is 20.0 Å². The molecule has 2 saturated heterocycles. The van der Waals surface area contributed by atoms with E-state index in [9.17, 15) is 16.8 Å². The summed E-state index contributed by atoms with van der Waals surface area (Å²) >= 11 is 0. The average Bonchev–Trinajstić information content (AvgIpc) is 3.09. The maximum atomic E-state index is 12.9. The maximum Gasteiger partial charge on any atom is 0.243 e. The van der Waals surface area contributed by atoms with Gasteiger partial charge in [0.05, 0.1) is 9.79 Å². The first kappa shape index (κ1) is 18.8. The van der Waals surface area contributed by atoms with Crippen molar-refractivity contribution in [2.75, 3.05) is 26.2 Å². The highest BCUT2D eigenvalue weighted by atomic mass is 32.2. The maximum absolute atomic E-state index is 12.9. The molecule has 0 spiro atoms. The highest BCUT2D eigenvalue weighted by Gasteiger charge is 2.32. The van der Waals surface area contributed by atoms with Gasteiger partial charge in [-0.2, -0.15) is 8.61 Å². The lowest BCUT2D eigenvalue weighted by molar-refractivity contribution is 0.222. The number of rotatable bonds is 4. The van der Waals surface area contributed by atoms with Crippen LogP contribution in [0.25, 0.3) is 0 Å². The Hall–Kier alpha value is -0.960.